The van der Waals surface area contributed by atoms with E-state index >= 15 is 0 Å². The predicted octanol–water partition coefficient (Wildman–Crippen LogP) is 11.1. The van der Waals surface area contributed by atoms with Gasteiger partial charge in [0.15, 0.2) is 0 Å². The fourth-order valence-electron chi connectivity index (χ4n) is 3.38. The first-order valence-corrected chi connectivity index (χ1v) is 12.4. The van der Waals surface area contributed by atoms with Crippen molar-refractivity contribution in [1.82, 2.24) is 0 Å². The molecule has 0 saturated carbocycles. The molecule has 0 aliphatic heterocycles. The van der Waals surface area contributed by atoms with Crippen LogP contribution in [0.4, 0.5) is 13.2 Å². The maximum Gasteiger partial charge on any atom is 0.412 e. The van der Waals surface area contributed by atoms with Gasteiger partial charge >= 0.3 is 6.18 Å². The van der Waals surface area contributed by atoms with Gasteiger partial charge in [0.1, 0.15) is 0 Å². The summed E-state index contributed by atoms with van der Waals surface area (Å²) in [4.78, 5) is 0. The summed E-state index contributed by atoms with van der Waals surface area (Å²) in [6.45, 7) is 14.1. The van der Waals surface area contributed by atoms with E-state index < -0.39 is 11.7 Å². The molecule has 0 aromatic rings. The van der Waals surface area contributed by atoms with Crippen LogP contribution in [0.1, 0.15) is 113 Å². The van der Waals surface area contributed by atoms with E-state index in [9.17, 15) is 13.2 Å². The lowest BCUT2D eigenvalue weighted by Crippen LogP contribution is -2.08. The second-order valence-corrected chi connectivity index (χ2v) is 9.60. The quantitative estimate of drug-likeness (QED) is 0.167. The van der Waals surface area contributed by atoms with Gasteiger partial charge in [-0.1, -0.05) is 64.3 Å². The Morgan fingerprint density at radius 1 is 0.455 bits per heavy atom. The van der Waals surface area contributed by atoms with Crippen LogP contribution in [0, 0.1) is 0 Å². The Hall–Kier alpha value is -1.77. The zero-order chi connectivity index (χ0) is 25.3. The first-order valence-electron chi connectivity index (χ1n) is 12.4. The van der Waals surface area contributed by atoms with Crippen LogP contribution in [0.25, 0.3) is 0 Å². The zero-order valence-corrected chi connectivity index (χ0v) is 22.2. The third-order valence-electron chi connectivity index (χ3n) is 5.74. The highest BCUT2D eigenvalue weighted by Crippen LogP contribution is 2.25. The highest BCUT2D eigenvalue weighted by Gasteiger charge is 2.29. The highest BCUT2D eigenvalue weighted by atomic mass is 19.4. The standard InChI is InChI=1S/C30H47F3/c1-24(2)14-10-17-27(5)20-11-18-25(3)15-8-9-16-26(4)19-12-21-28(6)22-13-23-29(7)30(31,32)33/h14-16,20-21,23H,8-13,17-19,22H2,1-7H3/b25-15+,26-16+,27-20+,28-21+,29-23+. The van der Waals surface area contributed by atoms with Crippen molar-refractivity contribution >= 4 is 0 Å². The third-order valence-corrected chi connectivity index (χ3v) is 5.74. The number of unbranched alkanes of at least 4 members (excludes halogenated alkanes) is 1. The van der Waals surface area contributed by atoms with Gasteiger partial charge in [0.25, 0.3) is 0 Å². The summed E-state index contributed by atoms with van der Waals surface area (Å²) in [6, 6.07) is 0. The molecule has 0 rings (SSSR count). The Bertz CT molecular complexity index is 733. The van der Waals surface area contributed by atoms with E-state index in [0.717, 1.165) is 63.9 Å². The number of rotatable bonds is 15. The number of allylic oxidation sites excluding steroid dienone is 12. The molecule has 0 amide bonds. The van der Waals surface area contributed by atoms with Gasteiger partial charge in [0.2, 0.25) is 0 Å². The Balaban J connectivity index is 4.15. The van der Waals surface area contributed by atoms with Crippen LogP contribution < -0.4 is 0 Å². The maximum absolute atomic E-state index is 12.5. The Kier molecular flexibility index (Phi) is 16.7. The Morgan fingerprint density at radius 3 is 1.09 bits per heavy atom. The molecule has 0 radical (unpaired) electrons. The first kappa shape index (κ1) is 31.2. The van der Waals surface area contributed by atoms with E-state index in [4.69, 9.17) is 0 Å². The van der Waals surface area contributed by atoms with Gasteiger partial charge in [-0.3, -0.25) is 0 Å². The monoisotopic (exact) mass is 464 g/mol. The van der Waals surface area contributed by atoms with Gasteiger partial charge in [-0.05, 0) is 113 Å². The van der Waals surface area contributed by atoms with E-state index in [2.05, 4.69) is 65.0 Å². The van der Waals surface area contributed by atoms with E-state index in [1.165, 1.54) is 28.4 Å². The normalized spacial score (nSPS) is 14.7. The summed E-state index contributed by atoms with van der Waals surface area (Å²) >= 11 is 0. The minimum absolute atomic E-state index is 0.444. The van der Waals surface area contributed by atoms with Crippen molar-refractivity contribution < 1.29 is 13.2 Å². The van der Waals surface area contributed by atoms with E-state index in [-0.39, 0.29) is 0 Å². The molecule has 0 bridgehead atoms. The minimum atomic E-state index is -4.20. The van der Waals surface area contributed by atoms with Crippen LogP contribution in [0.15, 0.2) is 69.9 Å². The van der Waals surface area contributed by atoms with Gasteiger partial charge in [0.05, 0.1) is 0 Å². The van der Waals surface area contributed by atoms with Gasteiger partial charge < -0.3 is 0 Å². The van der Waals surface area contributed by atoms with Crippen molar-refractivity contribution in [3.8, 4) is 0 Å². The number of hydrogen-bond acceptors (Lipinski definition) is 0. The average Bonchev–Trinajstić information content (AvgIpc) is 2.70. The number of halogens is 3. The topological polar surface area (TPSA) is 0 Å². The molecular formula is C30H47F3. The molecule has 0 aromatic heterocycles. The smallest absolute Gasteiger partial charge is 0.167 e. The fourth-order valence-corrected chi connectivity index (χ4v) is 3.38. The number of hydrogen-bond donors (Lipinski definition) is 0. The molecule has 0 aliphatic rings. The molecule has 3 heteroatoms. The summed E-state index contributed by atoms with van der Waals surface area (Å²) in [5, 5.41) is 0. The van der Waals surface area contributed by atoms with Gasteiger partial charge in [0, 0.05) is 5.57 Å². The molecule has 0 atom stereocenters. The molecule has 33 heavy (non-hydrogen) atoms. The molecule has 0 heterocycles. The summed E-state index contributed by atoms with van der Waals surface area (Å²) in [5.74, 6) is 0. The molecule has 0 spiro atoms. The molecule has 0 aromatic carbocycles. The third kappa shape index (κ3) is 19.4. The zero-order valence-electron chi connectivity index (χ0n) is 22.2. The molecule has 0 aliphatic carbocycles. The van der Waals surface area contributed by atoms with Crippen LogP contribution in [-0.4, -0.2) is 6.18 Å². The molecule has 0 saturated heterocycles. The van der Waals surface area contributed by atoms with Gasteiger partial charge in [-0.15, -0.1) is 0 Å². The average molecular weight is 465 g/mol. The van der Waals surface area contributed by atoms with E-state index in [1.54, 1.807) is 0 Å². The molecule has 0 nitrogen and oxygen atoms in total. The lowest BCUT2D eigenvalue weighted by atomic mass is 10.0. The van der Waals surface area contributed by atoms with Crippen molar-refractivity contribution in [2.24, 2.45) is 0 Å². The fraction of sp³-hybridized carbons (Fsp3) is 0.600. The summed E-state index contributed by atoms with van der Waals surface area (Å²) in [7, 11) is 0. The van der Waals surface area contributed by atoms with Crippen LogP contribution in [0.5, 0.6) is 0 Å². The Labute approximate surface area is 202 Å². The second-order valence-electron chi connectivity index (χ2n) is 9.60. The van der Waals surface area contributed by atoms with Crippen molar-refractivity contribution in [1.29, 1.82) is 0 Å². The predicted molar refractivity (Wildman–Crippen MR) is 140 cm³/mol. The Morgan fingerprint density at radius 2 is 0.758 bits per heavy atom. The second kappa shape index (κ2) is 17.7. The van der Waals surface area contributed by atoms with Crippen molar-refractivity contribution in [2.75, 3.05) is 0 Å². The molecular weight excluding hydrogens is 417 g/mol. The van der Waals surface area contributed by atoms with Crippen molar-refractivity contribution in [3.63, 3.8) is 0 Å². The van der Waals surface area contributed by atoms with Crippen LogP contribution in [0.3, 0.4) is 0 Å². The van der Waals surface area contributed by atoms with Crippen LogP contribution in [0.2, 0.25) is 0 Å². The van der Waals surface area contributed by atoms with Gasteiger partial charge in [-0.25, -0.2) is 0 Å². The SMILES string of the molecule is CC(C)=CCC/C(C)=C/CC/C(C)=C/CC/C=C(\C)CC/C=C(\C)CC/C=C(\C)C(F)(F)F. The van der Waals surface area contributed by atoms with Crippen molar-refractivity contribution in [3.05, 3.63) is 69.9 Å². The molecule has 0 fully saturated rings. The number of alkyl halides is 3. The minimum Gasteiger partial charge on any atom is -0.167 e. The van der Waals surface area contributed by atoms with Crippen molar-refractivity contribution in [2.45, 2.75) is 119 Å². The van der Waals surface area contributed by atoms with E-state index in [0.29, 0.717) is 12.8 Å². The summed E-state index contributed by atoms with van der Waals surface area (Å²) in [6.07, 6.45) is 18.4. The molecule has 0 N–H and O–H groups in total. The first-order chi connectivity index (χ1) is 15.4. The molecule has 0 unspecified atom stereocenters. The maximum atomic E-state index is 12.5. The van der Waals surface area contributed by atoms with Gasteiger partial charge in [-0.2, -0.15) is 13.2 Å². The largest absolute Gasteiger partial charge is 0.412 e. The molecule has 188 valence electrons. The van der Waals surface area contributed by atoms with E-state index in [1.807, 2.05) is 6.92 Å². The summed E-state index contributed by atoms with van der Waals surface area (Å²) in [5.41, 5.74) is 6.38. The highest BCUT2D eigenvalue weighted by molar-refractivity contribution is 5.09. The van der Waals surface area contributed by atoms with Crippen LogP contribution >= 0.6 is 0 Å². The van der Waals surface area contributed by atoms with Crippen LogP contribution in [-0.2, 0) is 0 Å². The lowest BCUT2D eigenvalue weighted by molar-refractivity contribution is -0.0915. The summed E-state index contributed by atoms with van der Waals surface area (Å²) < 4.78 is 37.4. The lowest BCUT2D eigenvalue weighted by Gasteiger charge is -2.06.